The monoisotopic (exact) mass is 491 g/mol. The molecule has 0 spiro atoms. The minimum atomic E-state index is -3.96. The molecule has 1 aliphatic rings. The Labute approximate surface area is 190 Å². The molecular formula is C20H18ClN5O4S2. The molecule has 1 aromatic heterocycles. The zero-order chi connectivity index (χ0) is 23.1. The fraction of sp³-hybridized carbons (Fsp3) is 0.100. The molecule has 32 heavy (non-hydrogen) atoms. The minimum absolute atomic E-state index is 0.0427. The molecule has 0 saturated carbocycles. The minimum Gasteiger partial charge on any atom is -0.382 e. The van der Waals surface area contributed by atoms with Crippen molar-refractivity contribution in [2.24, 2.45) is 10.7 Å². The van der Waals surface area contributed by atoms with Crippen LogP contribution in [0, 0.1) is 0 Å². The standard InChI is InChI=1S/C20H18ClN5O4S2/c1-23-31(27,28)14-4-6-15(7-5-14)32(29,30)26-13-3-8-16(17(21)10-13)18-9-2-12-11-24-20(22)19(12)25-18/h2-10,23,26H,11H2,1H3,(H2,22,24). The summed E-state index contributed by atoms with van der Waals surface area (Å²) >= 11 is 6.40. The molecule has 0 bridgehead atoms. The molecule has 9 nitrogen and oxygen atoms in total. The smallest absolute Gasteiger partial charge is 0.261 e. The lowest BCUT2D eigenvalue weighted by Crippen LogP contribution is -2.19. The van der Waals surface area contributed by atoms with E-state index in [1.165, 1.54) is 37.4 Å². The number of hydrogen-bond donors (Lipinski definition) is 3. The third-order valence-corrected chi connectivity index (χ3v) is 7.99. The molecule has 0 amide bonds. The van der Waals surface area contributed by atoms with E-state index in [0.717, 1.165) is 5.56 Å². The van der Waals surface area contributed by atoms with Gasteiger partial charge in [-0.2, -0.15) is 0 Å². The van der Waals surface area contributed by atoms with Gasteiger partial charge in [-0.15, -0.1) is 0 Å². The summed E-state index contributed by atoms with van der Waals surface area (Å²) in [5.41, 5.74) is 8.85. The van der Waals surface area contributed by atoms with E-state index in [1.54, 1.807) is 18.2 Å². The number of rotatable bonds is 6. The highest BCUT2D eigenvalue weighted by molar-refractivity contribution is 7.92. The number of pyridine rings is 1. The molecule has 166 valence electrons. The predicted molar refractivity (Wildman–Crippen MR) is 123 cm³/mol. The van der Waals surface area contributed by atoms with E-state index in [4.69, 9.17) is 17.3 Å². The number of sulfonamides is 2. The molecule has 0 radical (unpaired) electrons. The molecule has 2 heterocycles. The number of hydrogen-bond acceptors (Lipinski definition) is 7. The number of anilines is 1. The number of aromatic nitrogens is 1. The first kappa shape index (κ1) is 22.2. The van der Waals surface area contributed by atoms with Gasteiger partial charge in [0, 0.05) is 11.1 Å². The van der Waals surface area contributed by atoms with Crippen molar-refractivity contribution in [3.05, 3.63) is 70.9 Å². The number of nitrogens with one attached hydrogen (secondary N) is 2. The molecule has 2 aromatic carbocycles. The summed E-state index contributed by atoms with van der Waals surface area (Å²) in [6, 6.07) is 13.2. The van der Waals surface area contributed by atoms with Crippen molar-refractivity contribution in [3.63, 3.8) is 0 Å². The lowest BCUT2D eigenvalue weighted by Gasteiger charge is -2.11. The largest absolute Gasteiger partial charge is 0.382 e. The fourth-order valence-corrected chi connectivity index (χ4v) is 5.21. The van der Waals surface area contributed by atoms with E-state index in [0.29, 0.717) is 34.4 Å². The van der Waals surface area contributed by atoms with Gasteiger partial charge in [0.25, 0.3) is 10.0 Å². The quantitative estimate of drug-likeness (QED) is 0.482. The van der Waals surface area contributed by atoms with E-state index in [2.05, 4.69) is 19.4 Å². The summed E-state index contributed by atoms with van der Waals surface area (Å²) in [5.74, 6) is 0.371. The number of aliphatic imine (C=N–C) groups is 1. The van der Waals surface area contributed by atoms with Gasteiger partial charge < -0.3 is 5.73 Å². The number of amidine groups is 1. The maximum Gasteiger partial charge on any atom is 0.261 e. The van der Waals surface area contributed by atoms with Crippen molar-refractivity contribution in [1.29, 1.82) is 0 Å². The molecule has 12 heteroatoms. The number of nitrogens with zero attached hydrogens (tertiary/aromatic N) is 2. The maximum atomic E-state index is 12.7. The van der Waals surface area contributed by atoms with E-state index in [9.17, 15) is 16.8 Å². The molecule has 1 aliphatic heterocycles. The van der Waals surface area contributed by atoms with Crippen LogP contribution < -0.4 is 15.2 Å². The van der Waals surface area contributed by atoms with Crippen molar-refractivity contribution in [3.8, 4) is 11.3 Å². The van der Waals surface area contributed by atoms with E-state index in [1.807, 2.05) is 6.07 Å². The Morgan fingerprint density at radius 1 is 0.938 bits per heavy atom. The number of fused-ring (bicyclic) bond motifs is 1. The van der Waals surface area contributed by atoms with Crippen LogP contribution in [0.25, 0.3) is 11.3 Å². The fourth-order valence-electron chi connectivity index (χ4n) is 3.15. The van der Waals surface area contributed by atoms with Gasteiger partial charge in [0.2, 0.25) is 10.0 Å². The van der Waals surface area contributed by atoms with E-state index < -0.39 is 20.0 Å². The van der Waals surface area contributed by atoms with Gasteiger partial charge in [-0.25, -0.2) is 26.5 Å². The second kappa shape index (κ2) is 8.17. The number of halogens is 1. The summed E-state index contributed by atoms with van der Waals surface area (Å²) < 4.78 is 53.6. The highest BCUT2D eigenvalue weighted by Gasteiger charge is 2.19. The summed E-state index contributed by atoms with van der Waals surface area (Å²) in [4.78, 5) is 8.54. The Morgan fingerprint density at radius 3 is 2.22 bits per heavy atom. The first-order chi connectivity index (χ1) is 15.1. The predicted octanol–water partition coefficient (Wildman–Crippen LogP) is 2.33. The Kier molecular flexibility index (Phi) is 5.67. The lowest BCUT2D eigenvalue weighted by atomic mass is 10.1. The molecule has 4 N–H and O–H groups in total. The SMILES string of the molecule is CNS(=O)(=O)c1ccc(S(=O)(=O)Nc2ccc(-c3ccc4c(n3)C(N)=NC4)c(Cl)c2)cc1. The van der Waals surface area contributed by atoms with Crippen LogP contribution in [0.2, 0.25) is 5.02 Å². The van der Waals surface area contributed by atoms with Crippen LogP contribution >= 0.6 is 11.6 Å². The molecule has 0 saturated heterocycles. The van der Waals surface area contributed by atoms with Crippen molar-refractivity contribution in [2.75, 3.05) is 11.8 Å². The zero-order valence-electron chi connectivity index (χ0n) is 16.7. The molecular weight excluding hydrogens is 474 g/mol. The number of nitrogens with two attached hydrogens (primary N) is 1. The lowest BCUT2D eigenvalue weighted by molar-refractivity contribution is 0.587. The van der Waals surface area contributed by atoms with Gasteiger partial charge >= 0.3 is 0 Å². The maximum absolute atomic E-state index is 12.7. The van der Waals surface area contributed by atoms with Crippen LogP contribution in [0.3, 0.4) is 0 Å². The molecule has 0 aliphatic carbocycles. The van der Waals surface area contributed by atoms with Gasteiger partial charge in [0.05, 0.1) is 32.7 Å². The summed E-state index contributed by atoms with van der Waals surface area (Å²) in [7, 11) is -6.36. The van der Waals surface area contributed by atoms with Gasteiger partial charge in [0.1, 0.15) is 11.5 Å². The van der Waals surface area contributed by atoms with Crippen molar-refractivity contribution in [2.45, 2.75) is 16.3 Å². The normalized spacial score (nSPS) is 13.5. The third kappa shape index (κ3) is 4.19. The topological polar surface area (TPSA) is 144 Å². The highest BCUT2D eigenvalue weighted by atomic mass is 35.5. The highest BCUT2D eigenvalue weighted by Crippen LogP contribution is 2.31. The first-order valence-corrected chi connectivity index (χ1v) is 12.6. The second-order valence-electron chi connectivity index (χ2n) is 6.88. The van der Waals surface area contributed by atoms with Gasteiger partial charge in [-0.3, -0.25) is 9.71 Å². The van der Waals surface area contributed by atoms with Gasteiger partial charge in [-0.05, 0) is 55.6 Å². The van der Waals surface area contributed by atoms with Crippen LogP contribution in [0.5, 0.6) is 0 Å². The van der Waals surface area contributed by atoms with Crippen molar-refractivity contribution in [1.82, 2.24) is 9.71 Å². The van der Waals surface area contributed by atoms with Crippen LogP contribution in [0.1, 0.15) is 11.3 Å². The number of benzene rings is 2. The summed E-state index contributed by atoms with van der Waals surface area (Å²) in [6.07, 6.45) is 0. The van der Waals surface area contributed by atoms with Crippen LogP contribution in [-0.2, 0) is 26.6 Å². The van der Waals surface area contributed by atoms with Gasteiger partial charge in [0.15, 0.2) is 0 Å². The molecule has 0 atom stereocenters. The summed E-state index contributed by atoms with van der Waals surface area (Å²) in [5, 5.41) is 0.293. The molecule has 4 rings (SSSR count). The first-order valence-electron chi connectivity index (χ1n) is 9.27. The van der Waals surface area contributed by atoms with Gasteiger partial charge in [-0.1, -0.05) is 17.7 Å². The Morgan fingerprint density at radius 2 is 1.59 bits per heavy atom. The molecule has 3 aromatic rings. The van der Waals surface area contributed by atoms with Crippen molar-refractivity contribution >= 4 is 43.2 Å². The van der Waals surface area contributed by atoms with E-state index in [-0.39, 0.29) is 15.5 Å². The van der Waals surface area contributed by atoms with Crippen molar-refractivity contribution < 1.29 is 16.8 Å². The molecule has 0 fully saturated rings. The Hall–Kier alpha value is -2.99. The summed E-state index contributed by atoms with van der Waals surface area (Å²) in [6.45, 7) is 0.491. The van der Waals surface area contributed by atoms with Crippen LogP contribution in [0.15, 0.2) is 69.4 Å². The van der Waals surface area contributed by atoms with E-state index >= 15 is 0 Å². The average molecular weight is 492 g/mol. The van der Waals surface area contributed by atoms with Crippen LogP contribution in [-0.4, -0.2) is 34.7 Å². The second-order valence-corrected chi connectivity index (χ2v) is 10.9. The molecule has 0 unspecified atom stereocenters. The third-order valence-electron chi connectivity index (χ3n) is 4.85. The Balaban J connectivity index is 1.59. The van der Waals surface area contributed by atoms with Crippen LogP contribution in [0.4, 0.5) is 5.69 Å². The average Bonchev–Trinajstić information content (AvgIpc) is 3.14. The zero-order valence-corrected chi connectivity index (χ0v) is 19.1. The Bertz CT molecular complexity index is 1450.